The summed E-state index contributed by atoms with van der Waals surface area (Å²) < 4.78 is 5.43. The number of hydrogen-bond acceptors (Lipinski definition) is 5. The molecule has 1 heterocycles. The van der Waals surface area contributed by atoms with E-state index in [1.54, 1.807) is 17.5 Å². The van der Waals surface area contributed by atoms with E-state index in [0.29, 0.717) is 10.6 Å². The van der Waals surface area contributed by atoms with E-state index >= 15 is 0 Å². The van der Waals surface area contributed by atoms with Gasteiger partial charge in [-0.1, -0.05) is 12.1 Å². The van der Waals surface area contributed by atoms with Crippen molar-refractivity contribution in [3.63, 3.8) is 0 Å². The molecular weight excluding hydrogens is 346 g/mol. The van der Waals surface area contributed by atoms with Gasteiger partial charge in [0.15, 0.2) is 11.7 Å². The number of hydrazine groups is 1. The molecule has 0 atom stereocenters. The van der Waals surface area contributed by atoms with Crippen LogP contribution >= 0.6 is 23.6 Å². The lowest BCUT2D eigenvalue weighted by Crippen LogP contribution is -2.49. The fourth-order valence-corrected chi connectivity index (χ4v) is 2.73. The van der Waals surface area contributed by atoms with Crippen LogP contribution in [0.5, 0.6) is 5.75 Å². The Kier molecular flexibility index (Phi) is 6.28. The van der Waals surface area contributed by atoms with Crippen molar-refractivity contribution in [3.05, 3.63) is 51.7 Å². The number of thiophene rings is 1. The molecule has 24 heavy (non-hydrogen) atoms. The van der Waals surface area contributed by atoms with E-state index in [9.17, 15) is 9.59 Å². The van der Waals surface area contributed by atoms with Crippen LogP contribution in [0.3, 0.4) is 0 Å². The van der Waals surface area contributed by atoms with Crippen molar-refractivity contribution in [1.82, 2.24) is 16.2 Å². The van der Waals surface area contributed by atoms with Crippen LogP contribution in [0.1, 0.15) is 20.8 Å². The molecule has 1 aromatic heterocycles. The zero-order chi connectivity index (χ0) is 17.5. The van der Waals surface area contributed by atoms with E-state index in [-0.39, 0.29) is 17.6 Å². The van der Waals surface area contributed by atoms with Gasteiger partial charge >= 0.3 is 0 Å². The molecule has 2 amide bonds. The molecule has 126 valence electrons. The van der Waals surface area contributed by atoms with Crippen molar-refractivity contribution in [2.24, 2.45) is 0 Å². The van der Waals surface area contributed by atoms with Crippen molar-refractivity contribution in [1.29, 1.82) is 0 Å². The summed E-state index contributed by atoms with van der Waals surface area (Å²) in [5, 5.41) is 4.21. The summed E-state index contributed by atoms with van der Waals surface area (Å²) >= 11 is 6.24. The minimum Gasteiger partial charge on any atom is -0.484 e. The monoisotopic (exact) mass is 363 g/mol. The predicted octanol–water partition coefficient (Wildman–Crippen LogP) is 2.08. The van der Waals surface area contributed by atoms with Crippen LogP contribution in [0.4, 0.5) is 0 Å². The Balaban J connectivity index is 1.73. The maximum absolute atomic E-state index is 11.8. The normalized spacial score (nSPS) is 9.92. The number of carbonyl (C=O) groups is 2. The fourth-order valence-electron chi connectivity index (χ4n) is 1.94. The number of benzene rings is 1. The molecule has 2 aromatic rings. The first-order valence-electron chi connectivity index (χ1n) is 7.09. The molecule has 0 spiro atoms. The highest BCUT2D eigenvalue weighted by atomic mass is 32.1. The summed E-state index contributed by atoms with van der Waals surface area (Å²) in [4.78, 5) is 24.0. The second kappa shape index (κ2) is 8.42. The van der Waals surface area contributed by atoms with Crippen LogP contribution in [0.15, 0.2) is 35.7 Å². The number of aryl methyl sites for hydroxylation is 2. The van der Waals surface area contributed by atoms with Gasteiger partial charge in [-0.05, 0) is 60.8 Å². The number of rotatable bonds is 4. The summed E-state index contributed by atoms with van der Waals surface area (Å²) in [6, 6.07) is 9.16. The average Bonchev–Trinajstić information content (AvgIpc) is 3.04. The lowest BCUT2D eigenvalue weighted by Gasteiger charge is -2.11. The smallest absolute Gasteiger partial charge is 0.279 e. The van der Waals surface area contributed by atoms with E-state index in [0.717, 1.165) is 11.1 Å². The Labute approximate surface area is 149 Å². The zero-order valence-corrected chi connectivity index (χ0v) is 14.8. The molecule has 1 aromatic carbocycles. The summed E-state index contributed by atoms with van der Waals surface area (Å²) in [5.41, 5.74) is 6.98. The van der Waals surface area contributed by atoms with E-state index in [1.807, 2.05) is 32.0 Å². The van der Waals surface area contributed by atoms with Crippen LogP contribution in [0, 0.1) is 13.8 Å². The lowest BCUT2D eigenvalue weighted by molar-refractivity contribution is -0.121. The van der Waals surface area contributed by atoms with E-state index < -0.39 is 5.91 Å². The Morgan fingerprint density at radius 3 is 2.50 bits per heavy atom. The Bertz CT molecular complexity index is 725. The van der Waals surface area contributed by atoms with Crippen LogP contribution in [-0.2, 0) is 4.79 Å². The number of nitrogens with one attached hydrogen (secondary N) is 3. The Morgan fingerprint density at radius 1 is 1.17 bits per heavy atom. The van der Waals surface area contributed by atoms with Gasteiger partial charge in [-0.2, -0.15) is 0 Å². The van der Waals surface area contributed by atoms with Gasteiger partial charge in [0.1, 0.15) is 5.75 Å². The topological polar surface area (TPSA) is 79.5 Å². The maximum atomic E-state index is 11.8. The molecule has 0 saturated heterocycles. The lowest BCUT2D eigenvalue weighted by atomic mass is 10.1. The molecule has 0 bridgehead atoms. The first kappa shape index (κ1) is 17.9. The van der Waals surface area contributed by atoms with Crippen molar-refractivity contribution >= 4 is 40.5 Å². The number of ether oxygens (including phenoxy) is 1. The van der Waals surface area contributed by atoms with E-state index in [4.69, 9.17) is 17.0 Å². The Morgan fingerprint density at radius 2 is 1.88 bits per heavy atom. The van der Waals surface area contributed by atoms with Crippen LogP contribution in [0.2, 0.25) is 0 Å². The molecule has 8 heteroatoms. The van der Waals surface area contributed by atoms with Crippen molar-refractivity contribution < 1.29 is 14.3 Å². The molecule has 0 saturated carbocycles. The minimum atomic E-state index is -0.419. The van der Waals surface area contributed by atoms with Gasteiger partial charge in [0.2, 0.25) is 0 Å². The van der Waals surface area contributed by atoms with Crippen molar-refractivity contribution in [2.75, 3.05) is 6.61 Å². The number of carbonyl (C=O) groups excluding carboxylic acids is 2. The second-order valence-corrected chi connectivity index (χ2v) is 6.40. The van der Waals surface area contributed by atoms with E-state index in [1.165, 1.54) is 11.3 Å². The highest BCUT2D eigenvalue weighted by molar-refractivity contribution is 7.80. The SMILES string of the molecule is Cc1cc(C)cc(OCC(=O)NC(=S)NNC(=O)c2cccs2)c1. The molecule has 0 unspecified atom stereocenters. The first-order chi connectivity index (χ1) is 11.4. The number of thiocarbonyl (C=S) groups is 1. The van der Waals surface area contributed by atoms with Gasteiger partial charge < -0.3 is 4.74 Å². The summed E-state index contributed by atoms with van der Waals surface area (Å²) in [7, 11) is 0. The van der Waals surface area contributed by atoms with Crippen molar-refractivity contribution in [3.8, 4) is 5.75 Å². The highest BCUT2D eigenvalue weighted by Crippen LogP contribution is 2.15. The molecule has 0 radical (unpaired) electrons. The summed E-state index contributed by atoms with van der Waals surface area (Å²) in [6.45, 7) is 3.73. The van der Waals surface area contributed by atoms with Crippen molar-refractivity contribution in [2.45, 2.75) is 13.8 Å². The molecule has 3 N–H and O–H groups in total. The summed E-state index contributed by atoms with van der Waals surface area (Å²) in [5.74, 6) is -0.127. The van der Waals surface area contributed by atoms with E-state index in [2.05, 4.69) is 16.2 Å². The fraction of sp³-hybridized carbons (Fsp3) is 0.188. The molecule has 2 rings (SSSR count). The standard InChI is InChI=1S/C16H17N3O3S2/c1-10-6-11(2)8-12(7-10)22-9-14(20)17-16(23)19-18-15(21)13-4-3-5-24-13/h3-8H,9H2,1-2H3,(H,18,21)(H2,17,19,20,23). The van der Waals surface area contributed by atoms with Gasteiger partial charge in [-0.25, -0.2) is 0 Å². The molecular formula is C16H17N3O3S2. The average molecular weight is 363 g/mol. The van der Waals surface area contributed by atoms with Gasteiger partial charge in [-0.15, -0.1) is 11.3 Å². The highest BCUT2D eigenvalue weighted by Gasteiger charge is 2.09. The minimum absolute atomic E-state index is 0.00562. The first-order valence-corrected chi connectivity index (χ1v) is 8.37. The predicted molar refractivity (Wildman–Crippen MR) is 97.1 cm³/mol. The third kappa shape index (κ3) is 5.64. The maximum Gasteiger partial charge on any atom is 0.279 e. The van der Waals surface area contributed by atoms with Gasteiger partial charge in [0.25, 0.3) is 11.8 Å². The van der Waals surface area contributed by atoms with Gasteiger partial charge in [0, 0.05) is 0 Å². The molecule has 6 nitrogen and oxygen atoms in total. The summed E-state index contributed by atoms with van der Waals surface area (Å²) in [6.07, 6.45) is 0. The molecule has 0 fully saturated rings. The third-order valence-electron chi connectivity index (χ3n) is 2.85. The Hall–Kier alpha value is -2.45. The van der Waals surface area contributed by atoms with Crippen LogP contribution < -0.4 is 20.9 Å². The molecule has 0 aliphatic rings. The second-order valence-electron chi connectivity index (χ2n) is 5.05. The zero-order valence-electron chi connectivity index (χ0n) is 13.2. The van der Waals surface area contributed by atoms with Crippen LogP contribution in [-0.4, -0.2) is 23.5 Å². The molecule has 0 aliphatic heterocycles. The molecule has 0 aliphatic carbocycles. The quantitative estimate of drug-likeness (QED) is 0.573. The van der Waals surface area contributed by atoms with Gasteiger partial charge in [-0.3, -0.25) is 25.8 Å². The third-order valence-corrected chi connectivity index (χ3v) is 3.93. The van der Waals surface area contributed by atoms with Gasteiger partial charge in [0.05, 0.1) is 4.88 Å². The largest absolute Gasteiger partial charge is 0.484 e. The number of amides is 2. The van der Waals surface area contributed by atoms with Crippen LogP contribution in [0.25, 0.3) is 0 Å². The number of hydrogen-bond donors (Lipinski definition) is 3.